The van der Waals surface area contributed by atoms with Gasteiger partial charge in [0.1, 0.15) is 23.8 Å². The first kappa shape index (κ1) is 19.7. The molecule has 31 heavy (non-hydrogen) atoms. The topological polar surface area (TPSA) is 128 Å². The van der Waals surface area contributed by atoms with Gasteiger partial charge in [-0.3, -0.25) is 19.5 Å². The van der Waals surface area contributed by atoms with E-state index < -0.39 is 4.92 Å². The van der Waals surface area contributed by atoms with Gasteiger partial charge in [-0.1, -0.05) is 0 Å². The summed E-state index contributed by atoms with van der Waals surface area (Å²) < 4.78 is 1.85. The lowest BCUT2D eigenvalue weighted by atomic mass is 10.2. The Morgan fingerprint density at radius 3 is 2.35 bits per heavy atom. The molecule has 154 valence electrons. The molecule has 0 radical (unpaired) electrons. The minimum absolute atomic E-state index is 0.0666. The molecule has 4 aromatic rings. The first-order chi connectivity index (χ1) is 15.0. The molecule has 1 amide bonds. The SMILES string of the molecule is Cc1nccn1-c1cc(Nc2ccc(NC(=O)c3ccc([N+](=O)[O-])cc3)cc2)ncn1. The molecule has 0 aliphatic carbocycles. The number of aromatic nitrogens is 4. The second kappa shape index (κ2) is 8.41. The number of aryl methyl sites for hydroxylation is 1. The number of amides is 1. The van der Waals surface area contributed by atoms with E-state index in [9.17, 15) is 14.9 Å². The number of hydrogen-bond acceptors (Lipinski definition) is 7. The fraction of sp³-hybridized carbons (Fsp3) is 0.0476. The van der Waals surface area contributed by atoms with Crippen LogP contribution in [0, 0.1) is 17.0 Å². The zero-order valence-corrected chi connectivity index (χ0v) is 16.4. The van der Waals surface area contributed by atoms with E-state index in [2.05, 4.69) is 25.6 Å². The molecule has 0 unspecified atom stereocenters. The average molecular weight is 415 g/mol. The van der Waals surface area contributed by atoms with Gasteiger partial charge in [-0.05, 0) is 43.3 Å². The Morgan fingerprint density at radius 1 is 1.00 bits per heavy atom. The lowest BCUT2D eigenvalue weighted by Gasteiger charge is -2.10. The predicted molar refractivity (Wildman–Crippen MR) is 115 cm³/mol. The van der Waals surface area contributed by atoms with Crippen molar-refractivity contribution < 1.29 is 9.72 Å². The zero-order valence-electron chi connectivity index (χ0n) is 16.4. The Morgan fingerprint density at radius 2 is 1.71 bits per heavy atom. The number of benzene rings is 2. The first-order valence-corrected chi connectivity index (χ1v) is 9.25. The van der Waals surface area contributed by atoms with Crippen molar-refractivity contribution in [1.82, 2.24) is 19.5 Å². The van der Waals surface area contributed by atoms with Crippen LogP contribution in [0.4, 0.5) is 22.9 Å². The van der Waals surface area contributed by atoms with Gasteiger partial charge in [0.25, 0.3) is 11.6 Å². The van der Waals surface area contributed by atoms with Gasteiger partial charge in [0.15, 0.2) is 0 Å². The maximum Gasteiger partial charge on any atom is 0.269 e. The van der Waals surface area contributed by atoms with Crippen LogP contribution < -0.4 is 10.6 Å². The number of hydrogen-bond donors (Lipinski definition) is 2. The average Bonchev–Trinajstić information content (AvgIpc) is 3.21. The summed E-state index contributed by atoms with van der Waals surface area (Å²) >= 11 is 0. The second-order valence-electron chi connectivity index (χ2n) is 6.57. The van der Waals surface area contributed by atoms with Gasteiger partial charge < -0.3 is 10.6 Å². The Labute approximate surface area is 176 Å². The van der Waals surface area contributed by atoms with Crippen LogP contribution in [0.5, 0.6) is 0 Å². The van der Waals surface area contributed by atoms with Crippen molar-refractivity contribution in [2.75, 3.05) is 10.6 Å². The van der Waals surface area contributed by atoms with Crippen molar-refractivity contribution in [3.63, 3.8) is 0 Å². The molecule has 2 aromatic carbocycles. The molecular weight excluding hydrogens is 398 g/mol. The molecule has 4 rings (SSSR count). The molecule has 2 aromatic heterocycles. The summed E-state index contributed by atoms with van der Waals surface area (Å²) in [4.78, 5) is 35.2. The van der Waals surface area contributed by atoms with E-state index in [1.165, 1.54) is 30.6 Å². The number of imidazole rings is 1. The van der Waals surface area contributed by atoms with Crippen molar-refractivity contribution in [2.24, 2.45) is 0 Å². The van der Waals surface area contributed by atoms with Crippen LogP contribution >= 0.6 is 0 Å². The summed E-state index contributed by atoms with van der Waals surface area (Å²) in [6, 6.07) is 14.3. The molecule has 10 nitrogen and oxygen atoms in total. The summed E-state index contributed by atoms with van der Waals surface area (Å²) in [5.41, 5.74) is 1.63. The number of non-ortho nitro benzene ring substituents is 1. The molecule has 2 heterocycles. The molecule has 0 aliphatic rings. The molecule has 0 aliphatic heterocycles. The molecule has 0 saturated carbocycles. The van der Waals surface area contributed by atoms with Crippen LogP contribution in [0.25, 0.3) is 5.82 Å². The number of nitrogens with zero attached hydrogens (tertiary/aromatic N) is 5. The molecule has 0 spiro atoms. The lowest BCUT2D eigenvalue weighted by molar-refractivity contribution is -0.384. The van der Waals surface area contributed by atoms with E-state index in [1.54, 1.807) is 36.5 Å². The Balaban J connectivity index is 1.42. The van der Waals surface area contributed by atoms with Crippen LogP contribution in [0.15, 0.2) is 73.3 Å². The van der Waals surface area contributed by atoms with Gasteiger partial charge in [0.2, 0.25) is 0 Å². The highest BCUT2D eigenvalue weighted by molar-refractivity contribution is 6.04. The van der Waals surface area contributed by atoms with Crippen molar-refractivity contribution in [1.29, 1.82) is 0 Å². The van der Waals surface area contributed by atoms with Crippen LogP contribution in [-0.4, -0.2) is 30.3 Å². The van der Waals surface area contributed by atoms with E-state index in [0.717, 1.165) is 11.5 Å². The molecule has 0 bridgehead atoms. The monoisotopic (exact) mass is 415 g/mol. The minimum atomic E-state index is -0.509. The third kappa shape index (κ3) is 4.53. The summed E-state index contributed by atoms with van der Waals surface area (Å²) in [5.74, 6) is 1.77. The molecule has 10 heteroatoms. The number of anilines is 3. The van der Waals surface area contributed by atoms with Crippen molar-refractivity contribution in [2.45, 2.75) is 6.92 Å². The van der Waals surface area contributed by atoms with Gasteiger partial charge in [-0.25, -0.2) is 15.0 Å². The quantitative estimate of drug-likeness (QED) is 0.361. The van der Waals surface area contributed by atoms with Crippen LogP contribution in [0.1, 0.15) is 16.2 Å². The van der Waals surface area contributed by atoms with Crippen LogP contribution in [0.3, 0.4) is 0 Å². The smallest absolute Gasteiger partial charge is 0.269 e. The number of carbonyl (C=O) groups excluding carboxylic acids is 1. The van der Waals surface area contributed by atoms with Crippen molar-refractivity contribution >= 4 is 28.8 Å². The van der Waals surface area contributed by atoms with E-state index >= 15 is 0 Å². The summed E-state index contributed by atoms with van der Waals surface area (Å²) in [5, 5.41) is 16.7. The van der Waals surface area contributed by atoms with E-state index in [1.807, 2.05) is 17.7 Å². The number of rotatable bonds is 6. The fourth-order valence-electron chi connectivity index (χ4n) is 2.89. The minimum Gasteiger partial charge on any atom is -0.340 e. The predicted octanol–water partition coefficient (Wildman–Crippen LogP) is 3.87. The van der Waals surface area contributed by atoms with E-state index in [-0.39, 0.29) is 11.6 Å². The van der Waals surface area contributed by atoms with E-state index in [4.69, 9.17) is 0 Å². The van der Waals surface area contributed by atoms with Crippen LogP contribution in [-0.2, 0) is 0 Å². The van der Waals surface area contributed by atoms with Gasteiger partial charge in [-0.2, -0.15) is 0 Å². The zero-order chi connectivity index (χ0) is 21.8. The van der Waals surface area contributed by atoms with Crippen molar-refractivity contribution in [3.8, 4) is 5.82 Å². The summed E-state index contributed by atoms with van der Waals surface area (Å²) in [7, 11) is 0. The molecule has 2 N–H and O–H groups in total. The van der Waals surface area contributed by atoms with Crippen molar-refractivity contribution in [3.05, 3.63) is 94.8 Å². The maximum atomic E-state index is 12.3. The van der Waals surface area contributed by atoms with Gasteiger partial charge in [0.05, 0.1) is 4.92 Å². The molecular formula is C21H17N7O3. The third-order valence-corrected chi connectivity index (χ3v) is 4.48. The number of nitrogens with one attached hydrogen (secondary N) is 2. The highest BCUT2D eigenvalue weighted by Crippen LogP contribution is 2.20. The highest BCUT2D eigenvalue weighted by Gasteiger charge is 2.10. The largest absolute Gasteiger partial charge is 0.340 e. The Bertz CT molecular complexity index is 1230. The van der Waals surface area contributed by atoms with E-state index in [0.29, 0.717) is 22.9 Å². The van der Waals surface area contributed by atoms with Crippen LogP contribution in [0.2, 0.25) is 0 Å². The lowest BCUT2D eigenvalue weighted by Crippen LogP contribution is -2.11. The number of nitro benzene ring substituents is 1. The van der Waals surface area contributed by atoms with Gasteiger partial charge in [-0.15, -0.1) is 0 Å². The second-order valence-corrected chi connectivity index (χ2v) is 6.57. The standard InChI is InChI=1S/C21H17N7O3/c1-14-22-10-11-27(14)20-12-19(23-13-24-20)25-16-4-6-17(7-5-16)26-21(29)15-2-8-18(9-3-15)28(30)31/h2-13H,1H3,(H,26,29)(H,23,24,25). The molecule has 0 atom stereocenters. The number of carbonyl (C=O) groups is 1. The summed E-state index contributed by atoms with van der Waals surface area (Å²) in [6.45, 7) is 1.89. The summed E-state index contributed by atoms with van der Waals surface area (Å²) in [6.07, 6.45) is 4.99. The maximum absolute atomic E-state index is 12.3. The first-order valence-electron chi connectivity index (χ1n) is 9.25. The molecule has 0 fully saturated rings. The van der Waals surface area contributed by atoms with Gasteiger partial charge >= 0.3 is 0 Å². The van der Waals surface area contributed by atoms with Gasteiger partial charge in [0, 0.05) is 47.5 Å². The highest BCUT2D eigenvalue weighted by atomic mass is 16.6. The Kier molecular flexibility index (Phi) is 5.35. The number of nitro groups is 1. The molecule has 0 saturated heterocycles. The third-order valence-electron chi connectivity index (χ3n) is 4.48. The fourth-order valence-corrected chi connectivity index (χ4v) is 2.89. The normalized spacial score (nSPS) is 10.5. The Hall–Kier alpha value is -4.60.